The van der Waals surface area contributed by atoms with Crippen molar-refractivity contribution in [3.05, 3.63) is 0 Å². The van der Waals surface area contributed by atoms with E-state index >= 15 is 0 Å². The van der Waals surface area contributed by atoms with E-state index in [2.05, 4.69) is 10.3 Å². The Hall–Kier alpha value is -0.780. The van der Waals surface area contributed by atoms with E-state index in [4.69, 9.17) is 0 Å². The minimum Gasteiger partial charge on any atom is -0.348 e. The van der Waals surface area contributed by atoms with Crippen LogP contribution in [0.4, 0.5) is 13.2 Å². The van der Waals surface area contributed by atoms with Gasteiger partial charge in [0.05, 0.1) is 0 Å². The molecule has 1 atom stereocenters. The molecule has 1 heterocycles. The van der Waals surface area contributed by atoms with Gasteiger partial charge in [0.25, 0.3) is 0 Å². The van der Waals surface area contributed by atoms with Crippen LogP contribution in [0.2, 0.25) is 0 Å². The highest BCUT2D eigenvalue weighted by atomic mass is 19.4. The van der Waals surface area contributed by atoms with Crippen molar-refractivity contribution in [3.8, 4) is 0 Å². The quantitative estimate of drug-likeness (QED) is 0.473. The third kappa shape index (κ3) is 2.37. The predicted octanol–water partition coefficient (Wildman–Crippen LogP) is 0.871. The molecule has 1 saturated heterocycles. The van der Waals surface area contributed by atoms with Gasteiger partial charge in [-0.25, -0.2) is 0 Å². The van der Waals surface area contributed by atoms with Crippen molar-refractivity contribution in [2.45, 2.75) is 19.1 Å². The molecular formula is C8H14F3N3. The Kier molecular flexibility index (Phi) is 3.36. The Balaban J connectivity index is 2.79. The van der Waals surface area contributed by atoms with Crippen LogP contribution >= 0.6 is 0 Å². The normalized spacial score (nSPS) is 25.4. The Bertz CT molecular complexity index is 224. The number of aliphatic imine (C=N–C) groups is 1. The number of piperazine rings is 1. The number of nitrogens with one attached hydrogen (secondary N) is 1. The van der Waals surface area contributed by atoms with Crippen LogP contribution in [0.25, 0.3) is 0 Å². The van der Waals surface area contributed by atoms with E-state index in [0.29, 0.717) is 19.6 Å². The molecule has 0 aromatic carbocycles. The van der Waals surface area contributed by atoms with Crippen molar-refractivity contribution in [1.29, 1.82) is 0 Å². The summed E-state index contributed by atoms with van der Waals surface area (Å²) in [5.41, 5.74) is 0. The van der Waals surface area contributed by atoms with Crippen LogP contribution < -0.4 is 5.32 Å². The molecule has 0 aromatic heterocycles. The van der Waals surface area contributed by atoms with Gasteiger partial charge in [-0.05, 0) is 6.92 Å². The Labute approximate surface area is 81.0 Å². The maximum atomic E-state index is 12.5. The zero-order valence-corrected chi connectivity index (χ0v) is 8.23. The highest BCUT2D eigenvalue weighted by Crippen LogP contribution is 2.21. The molecule has 0 bridgehead atoms. The van der Waals surface area contributed by atoms with E-state index in [-0.39, 0.29) is 6.04 Å². The number of hydrogen-bond donors (Lipinski definition) is 1. The highest BCUT2D eigenvalue weighted by molar-refractivity contribution is 5.87. The van der Waals surface area contributed by atoms with Crippen LogP contribution in [0.15, 0.2) is 4.99 Å². The number of halogens is 3. The summed E-state index contributed by atoms with van der Waals surface area (Å²) in [6.45, 7) is 3.24. The number of hydrogen-bond acceptors (Lipinski definition) is 2. The number of amidine groups is 1. The minimum absolute atomic E-state index is 0.163. The maximum absolute atomic E-state index is 12.5. The summed E-state index contributed by atoms with van der Waals surface area (Å²) >= 11 is 0. The average Bonchev–Trinajstić information content (AvgIpc) is 2.07. The molecule has 1 aliphatic heterocycles. The van der Waals surface area contributed by atoms with Gasteiger partial charge >= 0.3 is 6.18 Å². The van der Waals surface area contributed by atoms with E-state index < -0.39 is 12.0 Å². The van der Waals surface area contributed by atoms with Gasteiger partial charge in [0, 0.05) is 32.7 Å². The molecule has 3 nitrogen and oxygen atoms in total. The standard InChI is InChI=1S/C8H14F3N3/c1-6-5-13-3-4-14(6)7(12-2)8(9,10)11/h6,13H,3-5H2,1-2H3/b12-7-. The second-order valence-corrected chi connectivity index (χ2v) is 3.29. The molecule has 0 radical (unpaired) electrons. The molecule has 0 spiro atoms. The Morgan fingerprint density at radius 1 is 1.50 bits per heavy atom. The SMILES string of the molecule is C/N=C(\N1CCNCC1C)C(F)(F)F. The van der Waals surface area contributed by atoms with Crippen molar-refractivity contribution in [3.63, 3.8) is 0 Å². The Morgan fingerprint density at radius 2 is 2.14 bits per heavy atom. The second kappa shape index (κ2) is 4.16. The lowest BCUT2D eigenvalue weighted by atomic mass is 10.2. The molecule has 1 unspecified atom stereocenters. The molecule has 0 aliphatic carbocycles. The van der Waals surface area contributed by atoms with Gasteiger partial charge in [-0.3, -0.25) is 4.99 Å². The molecule has 82 valence electrons. The molecule has 1 rings (SSSR count). The smallest absolute Gasteiger partial charge is 0.348 e. The van der Waals surface area contributed by atoms with Crippen LogP contribution in [-0.4, -0.2) is 49.6 Å². The average molecular weight is 209 g/mol. The molecule has 6 heteroatoms. The molecular weight excluding hydrogens is 195 g/mol. The summed E-state index contributed by atoms with van der Waals surface area (Å²) in [7, 11) is 1.18. The number of alkyl halides is 3. The summed E-state index contributed by atoms with van der Waals surface area (Å²) in [5, 5.41) is 3.03. The first kappa shape index (κ1) is 11.3. The zero-order valence-electron chi connectivity index (χ0n) is 8.23. The van der Waals surface area contributed by atoms with E-state index in [1.807, 2.05) is 0 Å². The molecule has 1 fully saturated rings. The lowest BCUT2D eigenvalue weighted by Gasteiger charge is -2.36. The molecule has 1 N–H and O–H groups in total. The van der Waals surface area contributed by atoms with Gasteiger partial charge in [-0.1, -0.05) is 0 Å². The topological polar surface area (TPSA) is 27.6 Å². The first-order valence-corrected chi connectivity index (χ1v) is 4.48. The van der Waals surface area contributed by atoms with Gasteiger partial charge in [0.15, 0.2) is 0 Å². The van der Waals surface area contributed by atoms with E-state index in [1.54, 1.807) is 6.92 Å². The summed E-state index contributed by atoms with van der Waals surface area (Å²) < 4.78 is 37.5. The van der Waals surface area contributed by atoms with Gasteiger partial charge in [0.1, 0.15) is 0 Å². The van der Waals surface area contributed by atoms with Crippen LogP contribution in [0.1, 0.15) is 6.92 Å². The van der Waals surface area contributed by atoms with Gasteiger partial charge in [0.2, 0.25) is 5.84 Å². The van der Waals surface area contributed by atoms with E-state index in [1.165, 1.54) is 11.9 Å². The molecule has 14 heavy (non-hydrogen) atoms. The molecule has 0 aromatic rings. The third-order valence-electron chi connectivity index (χ3n) is 2.24. The third-order valence-corrected chi connectivity index (χ3v) is 2.24. The summed E-state index contributed by atoms with van der Waals surface area (Å²) in [5.74, 6) is -0.772. The van der Waals surface area contributed by atoms with Crippen molar-refractivity contribution in [1.82, 2.24) is 10.2 Å². The lowest BCUT2D eigenvalue weighted by molar-refractivity contribution is -0.0713. The van der Waals surface area contributed by atoms with Gasteiger partial charge in [-0.2, -0.15) is 13.2 Å². The maximum Gasteiger partial charge on any atom is 0.449 e. The highest BCUT2D eigenvalue weighted by Gasteiger charge is 2.41. The van der Waals surface area contributed by atoms with Crippen LogP contribution in [-0.2, 0) is 0 Å². The summed E-state index contributed by atoms with van der Waals surface area (Å²) in [6, 6.07) is -0.163. The lowest BCUT2D eigenvalue weighted by Crippen LogP contribution is -2.55. The van der Waals surface area contributed by atoms with Gasteiger partial charge in [-0.15, -0.1) is 0 Å². The fourth-order valence-electron chi connectivity index (χ4n) is 1.57. The fourth-order valence-corrected chi connectivity index (χ4v) is 1.57. The minimum atomic E-state index is -4.35. The van der Waals surface area contributed by atoms with E-state index in [9.17, 15) is 13.2 Å². The van der Waals surface area contributed by atoms with Crippen molar-refractivity contribution < 1.29 is 13.2 Å². The second-order valence-electron chi connectivity index (χ2n) is 3.29. The zero-order chi connectivity index (χ0) is 10.8. The molecule has 0 amide bonds. The largest absolute Gasteiger partial charge is 0.449 e. The van der Waals surface area contributed by atoms with Crippen LogP contribution in [0.5, 0.6) is 0 Å². The fraction of sp³-hybridized carbons (Fsp3) is 0.875. The van der Waals surface area contributed by atoms with Crippen LogP contribution in [0, 0.1) is 0 Å². The number of nitrogens with zero attached hydrogens (tertiary/aromatic N) is 2. The summed E-state index contributed by atoms with van der Waals surface area (Å²) in [6.07, 6.45) is -4.35. The summed E-state index contributed by atoms with van der Waals surface area (Å²) in [4.78, 5) is 4.63. The first-order chi connectivity index (χ1) is 6.46. The van der Waals surface area contributed by atoms with Crippen molar-refractivity contribution in [2.75, 3.05) is 26.7 Å². The van der Waals surface area contributed by atoms with Crippen LogP contribution in [0.3, 0.4) is 0 Å². The van der Waals surface area contributed by atoms with Crippen molar-refractivity contribution in [2.24, 2.45) is 4.99 Å². The van der Waals surface area contributed by atoms with E-state index in [0.717, 1.165) is 0 Å². The first-order valence-electron chi connectivity index (χ1n) is 4.48. The van der Waals surface area contributed by atoms with Crippen molar-refractivity contribution >= 4 is 5.84 Å². The molecule has 1 aliphatic rings. The Morgan fingerprint density at radius 3 is 2.57 bits per heavy atom. The molecule has 0 saturated carbocycles. The van der Waals surface area contributed by atoms with Gasteiger partial charge < -0.3 is 10.2 Å². The predicted molar refractivity (Wildman–Crippen MR) is 48.5 cm³/mol. The number of rotatable bonds is 0. The monoisotopic (exact) mass is 209 g/mol.